The van der Waals surface area contributed by atoms with Gasteiger partial charge in [-0.3, -0.25) is 4.68 Å². The Bertz CT molecular complexity index is 1350. The number of hydrogen-bond donors (Lipinski definition) is 1. The van der Waals surface area contributed by atoms with Crippen molar-refractivity contribution >= 4 is 17.1 Å². The molecule has 0 saturated carbocycles. The molecule has 0 radical (unpaired) electrons. The minimum absolute atomic E-state index is 0.0344. The van der Waals surface area contributed by atoms with Crippen LogP contribution in [0, 0.1) is 0 Å². The van der Waals surface area contributed by atoms with Crippen LogP contribution in [0.3, 0.4) is 0 Å². The van der Waals surface area contributed by atoms with Crippen LogP contribution >= 0.6 is 0 Å². The molecule has 3 aromatic heterocycles. The predicted octanol–water partition coefficient (Wildman–Crippen LogP) is 4.74. The highest BCUT2D eigenvalue weighted by molar-refractivity contribution is 5.95. The van der Waals surface area contributed by atoms with Crippen LogP contribution in [0.15, 0.2) is 48.9 Å². The van der Waals surface area contributed by atoms with Gasteiger partial charge < -0.3 is 14.8 Å². The van der Waals surface area contributed by atoms with Crippen molar-refractivity contribution < 1.29 is 27.4 Å². The minimum atomic E-state index is -4.79. The second-order valence-electron chi connectivity index (χ2n) is 8.72. The van der Waals surface area contributed by atoms with Gasteiger partial charge in [0, 0.05) is 25.0 Å². The third-order valence-corrected chi connectivity index (χ3v) is 4.77. The zero-order valence-corrected chi connectivity index (χ0v) is 19.4. The maximum absolute atomic E-state index is 12.5. The first-order valence-electron chi connectivity index (χ1n) is 10.6. The van der Waals surface area contributed by atoms with Crippen molar-refractivity contribution in [1.29, 1.82) is 0 Å². The molecule has 0 bridgehead atoms. The maximum Gasteiger partial charge on any atom is 0.573 e. The molecule has 9 nitrogen and oxygen atoms in total. The first kappa shape index (κ1) is 24.0. The fourth-order valence-electron chi connectivity index (χ4n) is 3.48. The van der Waals surface area contributed by atoms with Gasteiger partial charge in [-0.05, 0) is 56.7 Å². The molecule has 4 aromatic rings. The quantitative estimate of drug-likeness (QED) is 0.436. The van der Waals surface area contributed by atoms with Crippen LogP contribution in [0.5, 0.6) is 5.75 Å². The number of benzene rings is 1. The summed E-state index contributed by atoms with van der Waals surface area (Å²) in [6.45, 7) is 5.31. The summed E-state index contributed by atoms with van der Waals surface area (Å²) in [5.74, 6) is -0.353. The minimum Gasteiger partial charge on any atom is -0.444 e. The second kappa shape index (κ2) is 8.93. The Morgan fingerprint density at radius 3 is 2.43 bits per heavy atom. The van der Waals surface area contributed by atoms with Gasteiger partial charge in [-0.2, -0.15) is 10.2 Å². The van der Waals surface area contributed by atoms with Crippen LogP contribution in [0.25, 0.3) is 27.8 Å². The molecule has 0 aliphatic carbocycles. The first-order chi connectivity index (χ1) is 16.4. The van der Waals surface area contributed by atoms with Crippen LogP contribution < -0.4 is 10.1 Å². The summed E-state index contributed by atoms with van der Waals surface area (Å²) in [4.78, 5) is 16.7. The number of pyridine rings is 1. The molecule has 0 aliphatic rings. The SMILES string of the molecule is Cn1cc(-c2ccnc3c2c(CNC(=O)OC(C)(C)C)nn3-c2ccc(OC(F)(F)F)cc2)cn1. The number of alkyl carbamates (subject to hydrolysis) is 1. The van der Waals surface area contributed by atoms with Gasteiger partial charge in [-0.15, -0.1) is 13.2 Å². The number of nitrogens with one attached hydrogen (secondary N) is 1. The van der Waals surface area contributed by atoms with E-state index in [1.54, 1.807) is 44.9 Å². The second-order valence-corrected chi connectivity index (χ2v) is 8.72. The topological polar surface area (TPSA) is 96.1 Å². The summed E-state index contributed by atoms with van der Waals surface area (Å²) in [7, 11) is 1.79. The summed E-state index contributed by atoms with van der Waals surface area (Å²) in [6.07, 6.45) is -0.267. The van der Waals surface area contributed by atoms with Crippen molar-refractivity contribution in [1.82, 2.24) is 29.9 Å². The highest BCUT2D eigenvalue weighted by Gasteiger charge is 2.31. The lowest BCUT2D eigenvalue weighted by Gasteiger charge is -2.19. The molecule has 0 aliphatic heterocycles. The predicted molar refractivity (Wildman–Crippen MR) is 121 cm³/mol. The van der Waals surface area contributed by atoms with Gasteiger partial charge in [0.15, 0.2) is 5.65 Å². The lowest BCUT2D eigenvalue weighted by molar-refractivity contribution is -0.274. The number of aryl methyl sites for hydroxylation is 1. The van der Waals surface area contributed by atoms with Gasteiger partial charge in [0.05, 0.1) is 29.5 Å². The largest absolute Gasteiger partial charge is 0.573 e. The highest BCUT2D eigenvalue weighted by Crippen LogP contribution is 2.32. The van der Waals surface area contributed by atoms with E-state index in [0.717, 1.165) is 11.1 Å². The van der Waals surface area contributed by atoms with Gasteiger partial charge in [0.2, 0.25) is 0 Å². The van der Waals surface area contributed by atoms with Crippen molar-refractivity contribution in [2.75, 3.05) is 0 Å². The maximum atomic E-state index is 12.5. The average Bonchev–Trinajstić information content (AvgIpc) is 3.34. The number of rotatable bonds is 5. The summed E-state index contributed by atoms with van der Waals surface area (Å²) in [5, 5.41) is 12.2. The molecule has 4 rings (SSSR count). The Morgan fingerprint density at radius 2 is 1.83 bits per heavy atom. The summed E-state index contributed by atoms with van der Waals surface area (Å²) in [5.41, 5.74) is 2.34. The van der Waals surface area contributed by atoms with Crippen LogP contribution in [0.1, 0.15) is 26.5 Å². The number of ether oxygens (including phenoxy) is 2. The molecule has 0 saturated heterocycles. The fourth-order valence-corrected chi connectivity index (χ4v) is 3.48. The summed E-state index contributed by atoms with van der Waals surface area (Å²) < 4.78 is 50.0. The molecular weight excluding hydrogens is 465 g/mol. The number of amides is 1. The van der Waals surface area contributed by atoms with Crippen LogP contribution in [0.2, 0.25) is 0 Å². The summed E-state index contributed by atoms with van der Waals surface area (Å²) >= 11 is 0. The average molecular weight is 488 g/mol. The molecule has 184 valence electrons. The van der Waals surface area contributed by atoms with Crippen molar-refractivity contribution in [3.05, 3.63) is 54.6 Å². The van der Waals surface area contributed by atoms with E-state index in [1.165, 1.54) is 28.9 Å². The fraction of sp³-hybridized carbons (Fsp3) is 0.304. The van der Waals surface area contributed by atoms with Crippen molar-refractivity contribution in [3.63, 3.8) is 0 Å². The smallest absolute Gasteiger partial charge is 0.444 e. The standard InChI is InChI=1S/C23H23F3N6O3/c1-22(2,3)35-21(33)28-12-18-19-17(14-11-29-31(4)13-14)9-10-27-20(19)32(30-18)15-5-7-16(8-6-15)34-23(24,25)26/h5-11,13H,12H2,1-4H3,(H,28,33). The lowest BCUT2D eigenvalue weighted by atomic mass is 10.1. The molecular formula is C23H23F3N6O3. The molecule has 1 amide bonds. The Morgan fingerprint density at radius 1 is 1.11 bits per heavy atom. The molecule has 0 atom stereocenters. The highest BCUT2D eigenvalue weighted by atomic mass is 19.4. The van der Waals surface area contributed by atoms with E-state index in [-0.39, 0.29) is 12.3 Å². The van der Waals surface area contributed by atoms with Gasteiger partial charge in [-0.25, -0.2) is 14.5 Å². The van der Waals surface area contributed by atoms with E-state index in [9.17, 15) is 18.0 Å². The van der Waals surface area contributed by atoms with Crippen LogP contribution in [0.4, 0.5) is 18.0 Å². The van der Waals surface area contributed by atoms with E-state index in [2.05, 4.69) is 25.2 Å². The third-order valence-electron chi connectivity index (χ3n) is 4.77. The Balaban J connectivity index is 1.76. The number of aromatic nitrogens is 5. The third kappa shape index (κ3) is 5.70. The molecule has 12 heteroatoms. The zero-order chi connectivity index (χ0) is 25.4. The molecule has 0 fully saturated rings. The number of carbonyl (C=O) groups excluding carboxylic acids is 1. The van der Waals surface area contributed by atoms with Gasteiger partial charge in [0.1, 0.15) is 11.4 Å². The number of carbonyl (C=O) groups is 1. The van der Waals surface area contributed by atoms with Crippen LogP contribution in [-0.2, 0) is 18.3 Å². The Labute approximate surface area is 198 Å². The van der Waals surface area contributed by atoms with Crippen LogP contribution in [-0.4, -0.2) is 42.6 Å². The number of alkyl halides is 3. The normalized spacial score (nSPS) is 12.1. The van der Waals surface area contributed by atoms with Gasteiger partial charge in [-0.1, -0.05) is 0 Å². The van der Waals surface area contributed by atoms with E-state index in [4.69, 9.17) is 4.74 Å². The zero-order valence-electron chi connectivity index (χ0n) is 19.4. The van der Waals surface area contributed by atoms with E-state index >= 15 is 0 Å². The van der Waals surface area contributed by atoms with Gasteiger partial charge in [0.25, 0.3) is 0 Å². The van der Waals surface area contributed by atoms with Crippen molar-refractivity contribution in [3.8, 4) is 22.6 Å². The first-order valence-corrected chi connectivity index (χ1v) is 10.6. The Kier molecular flexibility index (Phi) is 6.14. The number of nitrogens with zero attached hydrogens (tertiary/aromatic N) is 5. The molecule has 1 N–H and O–H groups in total. The molecule has 0 unspecified atom stereocenters. The molecule has 35 heavy (non-hydrogen) atoms. The van der Waals surface area contributed by atoms with E-state index < -0.39 is 18.1 Å². The lowest BCUT2D eigenvalue weighted by Crippen LogP contribution is -2.32. The monoisotopic (exact) mass is 488 g/mol. The Hall–Kier alpha value is -4.09. The molecule has 3 heterocycles. The van der Waals surface area contributed by atoms with E-state index in [1.807, 2.05) is 12.3 Å². The van der Waals surface area contributed by atoms with Crippen molar-refractivity contribution in [2.45, 2.75) is 39.3 Å². The molecule has 1 aromatic carbocycles. The summed E-state index contributed by atoms with van der Waals surface area (Å²) in [6, 6.07) is 7.08. The van der Waals surface area contributed by atoms with E-state index in [0.29, 0.717) is 22.4 Å². The number of hydrogen-bond acceptors (Lipinski definition) is 6. The molecule has 0 spiro atoms. The number of fused-ring (bicyclic) bond motifs is 1. The van der Waals surface area contributed by atoms with Gasteiger partial charge >= 0.3 is 12.5 Å². The van der Waals surface area contributed by atoms with Crippen molar-refractivity contribution in [2.24, 2.45) is 7.05 Å². The number of halogens is 3.